The predicted octanol–water partition coefficient (Wildman–Crippen LogP) is 2.18. The van der Waals surface area contributed by atoms with Crippen LogP contribution in [0, 0.1) is 5.92 Å². The molecular weight excluding hydrogens is 212 g/mol. The van der Waals surface area contributed by atoms with Gasteiger partial charge in [0.25, 0.3) is 0 Å². The molecule has 0 spiro atoms. The summed E-state index contributed by atoms with van der Waals surface area (Å²) >= 11 is 0. The van der Waals surface area contributed by atoms with E-state index in [4.69, 9.17) is 0 Å². The second-order valence-electron chi connectivity index (χ2n) is 4.98. The largest absolute Gasteiger partial charge is 0.316 e. The lowest BCUT2D eigenvalue weighted by molar-refractivity contribution is 0.421. The number of aromatic nitrogens is 3. The number of hydrogen-bond donors (Lipinski definition) is 1. The third-order valence-electron chi connectivity index (χ3n) is 3.82. The maximum absolute atomic E-state index is 4.16. The third kappa shape index (κ3) is 2.86. The SMILES string of the molecule is CCCNCC1CCCC1c1cnnn1CC. The van der Waals surface area contributed by atoms with E-state index in [2.05, 4.69) is 34.2 Å². The lowest BCUT2D eigenvalue weighted by Crippen LogP contribution is -2.26. The zero-order valence-electron chi connectivity index (χ0n) is 11.0. The van der Waals surface area contributed by atoms with Crippen molar-refractivity contribution in [3.63, 3.8) is 0 Å². The van der Waals surface area contributed by atoms with Gasteiger partial charge < -0.3 is 5.32 Å². The Bertz CT molecular complexity index is 334. The van der Waals surface area contributed by atoms with Crippen molar-refractivity contribution in [3.05, 3.63) is 11.9 Å². The van der Waals surface area contributed by atoms with Gasteiger partial charge in [0.2, 0.25) is 0 Å². The van der Waals surface area contributed by atoms with Crippen molar-refractivity contribution >= 4 is 0 Å². The monoisotopic (exact) mass is 236 g/mol. The van der Waals surface area contributed by atoms with Crippen LogP contribution in [0.3, 0.4) is 0 Å². The average molecular weight is 236 g/mol. The van der Waals surface area contributed by atoms with E-state index in [1.807, 2.05) is 6.20 Å². The lowest BCUT2D eigenvalue weighted by atomic mass is 9.93. The molecular formula is C13H24N4. The van der Waals surface area contributed by atoms with Crippen molar-refractivity contribution in [1.29, 1.82) is 0 Å². The highest BCUT2D eigenvalue weighted by atomic mass is 15.4. The van der Waals surface area contributed by atoms with Crippen LogP contribution in [0.5, 0.6) is 0 Å². The van der Waals surface area contributed by atoms with Crippen molar-refractivity contribution in [1.82, 2.24) is 20.3 Å². The molecule has 0 saturated heterocycles. The van der Waals surface area contributed by atoms with Crippen LogP contribution in [0.2, 0.25) is 0 Å². The topological polar surface area (TPSA) is 42.7 Å². The molecule has 0 bridgehead atoms. The summed E-state index contributed by atoms with van der Waals surface area (Å²) in [6.07, 6.45) is 7.16. The van der Waals surface area contributed by atoms with Crippen molar-refractivity contribution in [2.75, 3.05) is 13.1 Å². The van der Waals surface area contributed by atoms with E-state index in [9.17, 15) is 0 Å². The van der Waals surface area contributed by atoms with Gasteiger partial charge in [0.15, 0.2) is 0 Å². The molecule has 0 aliphatic heterocycles. The fourth-order valence-electron chi connectivity index (χ4n) is 2.93. The summed E-state index contributed by atoms with van der Waals surface area (Å²) in [5.74, 6) is 1.43. The first-order valence-corrected chi connectivity index (χ1v) is 6.95. The van der Waals surface area contributed by atoms with Crippen molar-refractivity contribution in [3.8, 4) is 0 Å². The molecule has 0 radical (unpaired) electrons. The Morgan fingerprint density at radius 2 is 2.29 bits per heavy atom. The Morgan fingerprint density at radius 3 is 3.06 bits per heavy atom. The van der Waals surface area contributed by atoms with Crippen LogP contribution >= 0.6 is 0 Å². The maximum atomic E-state index is 4.16. The maximum Gasteiger partial charge on any atom is 0.0728 e. The minimum absolute atomic E-state index is 0.661. The van der Waals surface area contributed by atoms with Crippen LogP contribution in [0.4, 0.5) is 0 Å². The highest BCUT2D eigenvalue weighted by Gasteiger charge is 2.30. The summed E-state index contributed by atoms with van der Waals surface area (Å²) < 4.78 is 2.06. The molecule has 1 aliphatic rings. The first-order chi connectivity index (χ1) is 8.36. The molecule has 1 aliphatic carbocycles. The van der Waals surface area contributed by atoms with Crippen LogP contribution in [-0.4, -0.2) is 28.1 Å². The number of hydrogen-bond acceptors (Lipinski definition) is 3. The molecule has 1 aromatic rings. The van der Waals surface area contributed by atoms with Gasteiger partial charge in [-0.25, -0.2) is 4.68 Å². The molecule has 4 heteroatoms. The van der Waals surface area contributed by atoms with E-state index in [-0.39, 0.29) is 0 Å². The Balaban J connectivity index is 1.99. The summed E-state index contributed by atoms with van der Waals surface area (Å²) in [4.78, 5) is 0. The van der Waals surface area contributed by atoms with E-state index < -0.39 is 0 Å². The first-order valence-electron chi connectivity index (χ1n) is 6.95. The lowest BCUT2D eigenvalue weighted by Gasteiger charge is -2.20. The smallest absolute Gasteiger partial charge is 0.0728 e. The predicted molar refractivity (Wildman–Crippen MR) is 68.9 cm³/mol. The van der Waals surface area contributed by atoms with Crippen LogP contribution in [-0.2, 0) is 6.54 Å². The molecule has 0 aromatic carbocycles. The minimum Gasteiger partial charge on any atom is -0.316 e. The summed E-state index contributed by atoms with van der Waals surface area (Å²) in [6, 6.07) is 0. The highest BCUT2D eigenvalue weighted by molar-refractivity contribution is 5.08. The molecule has 2 rings (SSSR count). The van der Waals surface area contributed by atoms with Gasteiger partial charge in [0.05, 0.1) is 11.9 Å². The molecule has 17 heavy (non-hydrogen) atoms. The molecule has 1 aromatic heterocycles. The molecule has 1 fully saturated rings. The number of aryl methyl sites for hydroxylation is 1. The molecule has 0 amide bonds. The van der Waals surface area contributed by atoms with Gasteiger partial charge >= 0.3 is 0 Å². The standard InChI is InChI=1S/C13H24N4/c1-3-8-14-9-11-6-5-7-12(11)13-10-15-16-17(13)4-2/h10-12,14H,3-9H2,1-2H3. The van der Waals surface area contributed by atoms with Crippen molar-refractivity contribution in [2.45, 2.75) is 52.0 Å². The molecule has 96 valence electrons. The van der Waals surface area contributed by atoms with Crippen molar-refractivity contribution < 1.29 is 0 Å². The molecule has 4 nitrogen and oxygen atoms in total. The van der Waals surface area contributed by atoms with Gasteiger partial charge in [-0.05, 0) is 45.2 Å². The van der Waals surface area contributed by atoms with E-state index in [0.717, 1.165) is 25.6 Å². The highest BCUT2D eigenvalue weighted by Crippen LogP contribution is 2.38. The average Bonchev–Trinajstić information content (AvgIpc) is 2.96. The summed E-state index contributed by atoms with van der Waals surface area (Å²) in [5, 5.41) is 11.8. The quantitative estimate of drug-likeness (QED) is 0.770. The zero-order valence-corrected chi connectivity index (χ0v) is 11.0. The fraction of sp³-hybridized carbons (Fsp3) is 0.846. The van der Waals surface area contributed by atoms with E-state index in [1.165, 1.54) is 31.4 Å². The number of nitrogens with zero attached hydrogens (tertiary/aromatic N) is 3. The third-order valence-corrected chi connectivity index (χ3v) is 3.82. The summed E-state index contributed by atoms with van der Waals surface area (Å²) in [6.45, 7) is 7.57. The Labute approximate surface area is 104 Å². The Hall–Kier alpha value is -0.900. The van der Waals surface area contributed by atoms with E-state index in [0.29, 0.717) is 5.92 Å². The summed E-state index contributed by atoms with van der Waals surface area (Å²) in [7, 11) is 0. The van der Waals surface area contributed by atoms with Gasteiger partial charge in [-0.15, -0.1) is 5.10 Å². The second-order valence-corrected chi connectivity index (χ2v) is 4.98. The first kappa shape index (κ1) is 12.6. The van der Waals surface area contributed by atoms with Gasteiger partial charge in [0.1, 0.15) is 0 Å². The molecule has 1 N–H and O–H groups in total. The Morgan fingerprint density at radius 1 is 1.41 bits per heavy atom. The van der Waals surface area contributed by atoms with Crippen LogP contribution in [0.25, 0.3) is 0 Å². The minimum atomic E-state index is 0.661. The van der Waals surface area contributed by atoms with E-state index >= 15 is 0 Å². The van der Waals surface area contributed by atoms with Gasteiger partial charge in [0, 0.05) is 12.5 Å². The zero-order chi connectivity index (χ0) is 12.1. The molecule has 2 unspecified atom stereocenters. The fourth-order valence-corrected chi connectivity index (χ4v) is 2.93. The molecule has 2 atom stereocenters. The van der Waals surface area contributed by atoms with Crippen molar-refractivity contribution in [2.24, 2.45) is 5.92 Å². The van der Waals surface area contributed by atoms with Crippen LogP contribution in [0.15, 0.2) is 6.20 Å². The van der Waals surface area contributed by atoms with Gasteiger partial charge in [-0.2, -0.15) is 0 Å². The van der Waals surface area contributed by atoms with Crippen LogP contribution in [0.1, 0.15) is 51.1 Å². The Kier molecular flexibility index (Phi) is 4.54. The van der Waals surface area contributed by atoms with Gasteiger partial charge in [-0.1, -0.05) is 18.6 Å². The van der Waals surface area contributed by atoms with Gasteiger partial charge in [-0.3, -0.25) is 0 Å². The summed E-state index contributed by atoms with van der Waals surface area (Å²) in [5.41, 5.74) is 1.34. The second kappa shape index (κ2) is 6.15. The molecule has 1 heterocycles. The van der Waals surface area contributed by atoms with E-state index in [1.54, 1.807) is 0 Å². The number of rotatable bonds is 6. The molecule has 1 saturated carbocycles. The number of nitrogens with one attached hydrogen (secondary N) is 1. The normalized spacial score (nSPS) is 24.4. The van der Waals surface area contributed by atoms with Crippen LogP contribution < -0.4 is 5.32 Å².